The maximum absolute atomic E-state index is 5.11. The largest absolute Gasteiger partial charge is 0.472 e. The van der Waals surface area contributed by atoms with E-state index in [0.29, 0.717) is 6.04 Å². The van der Waals surface area contributed by atoms with Crippen LogP contribution in [0.1, 0.15) is 29.2 Å². The van der Waals surface area contributed by atoms with E-state index in [0.717, 1.165) is 19.5 Å². The van der Waals surface area contributed by atoms with Crippen molar-refractivity contribution in [2.45, 2.75) is 25.9 Å². The molecule has 1 heterocycles. The Hall–Kier alpha value is -1.58. The Morgan fingerprint density at radius 3 is 2.70 bits per heavy atom. The molecule has 0 radical (unpaired) electrons. The molecule has 3 nitrogen and oxygen atoms in total. The quantitative estimate of drug-likeness (QED) is 0.837. The Labute approximate surface area is 121 Å². The number of hydrogen-bond donors (Lipinski definition) is 1. The first-order valence-corrected chi connectivity index (χ1v) is 7.13. The molecule has 1 aromatic carbocycles. The van der Waals surface area contributed by atoms with Crippen molar-refractivity contribution in [1.82, 2.24) is 10.2 Å². The van der Waals surface area contributed by atoms with Gasteiger partial charge in [-0.1, -0.05) is 24.3 Å². The molecule has 0 spiro atoms. The number of benzene rings is 1. The maximum atomic E-state index is 5.11. The van der Waals surface area contributed by atoms with E-state index < -0.39 is 0 Å². The van der Waals surface area contributed by atoms with Crippen LogP contribution >= 0.6 is 0 Å². The van der Waals surface area contributed by atoms with Crippen LogP contribution < -0.4 is 5.32 Å². The summed E-state index contributed by atoms with van der Waals surface area (Å²) in [5, 5.41) is 3.43. The first-order valence-electron chi connectivity index (χ1n) is 7.13. The van der Waals surface area contributed by atoms with Gasteiger partial charge in [-0.25, -0.2) is 0 Å². The molecule has 0 fully saturated rings. The number of furan rings is 1. The molecular formula is C17H24N2O. The molecule has 0 saturated heterocycles. The number of aryl methyl sites for hydroxylation is 1. The molecule has 1 aromatic heterocycles. The summed E-state index contributed by atoms with van der Waals surface area (Å²) in [4.78, 5) is 2.33. The highest BCUT2D eigenvalue weighted by Gasteiger charge is 2.12. The zero-order valence-electron chi connectivity index (χ0n) is 12.6. The van der Waals surface area contributed by atoms with Crippen LogP contribution in [0.15, 0.2) is 47.3 Å². The second-order valence-electron chi connectivity index (χ2n) is 5.36. The van der Waals surface area contributed by atoms with Crippen LogP contribution in [-0.2, 0) is 6.54 Å². The van der Waals surface area contributed by atoms with Crippen LogP contribution in [-0.4, -0.2) is 25.5 Å². The van der Waals surface area contributed by atoms with Crippen molar-refractivity contribution >= 4 is 0 Å². The number of hydrogen-bond acceptors (Lipinski definition) is 3. The molecule has 1 atom stereocenters. The van der Waals surface area contributed by atoms with Crippen molar-refractivity contribution in [3.63, 3.8) is 0 Å². The second-order valence-corrected chi connectivity index (χ2v) is 5.36. The molecular weight excluding hydrogens is 248 g/mol. The highest BCUT2D eigenvalue weighted by Crippen LogP contribution is 2.20. The molecule has 1 unspecified atom stereocenters. The van der Waals surface area contributed by atoms with Gasteiger partial charge < -0.3 is 14.6 Å². The van der Waals surface area contributed by atoms with E-state index in [-0.39, 0.29) is 0 Å². The van der Waals surface area contributed by atoms with Crippen LogP contribution in [0.2, 0.25) is 0 Å². The van der Waals surface area contributed by atoms with Gasteiger partial charge in [-0.15, -0.1) is 0 Å². The van der Waals surface area contributed by atoms with Crippen LogP contribution in [0.4, 0.5) is 0 Å². The van der Waals surface area contributed by atoms with E-state index in [4.69, 9.17) is 4.42 Å². The van der Waals surface area contributed by atoms with Crippen LogP contribution in [0.5, 0.6) is 0 Å². The summed E-state index contributed by atoms with van der Waals surface area (Å²) >= 11 is 0. The number of rotatable bonds is 7. The summed E-state index contributed by atoms with van der Waals surface area (Å²) in [6.45, 7) is 4.15. The van der Waals surface area contributed by atoms with Crippen molar-refractivity contribution in [3.8, 4) is 0 Å². The normalized spacial score (nSPS) is 12.8. The Kier molecular flexibility index (Phi) is 5.39. The highest BCUT2D eigenvalue weighted by atomic mass is 16.3. The van der Waals surface area contributed by atoms with Crippen molar-refractivity contribution in [2.24, 2.45) is 0 Å². The smallest absolute Gasteiger partial charge is 0.0947 e. The molecule has 2 aromatic rings. The Morgan fingerprint density at radius 1 is 1.25 bits per heavy atom. The van der Waals surface area contributed by atoms with Gasteiger partial charge in [0, 0.05) is 18.2 Å². The van der Waals surface area contributed by atoms with Gasteiger partial charge in [0.15, 0.2) is 0 Å². The van der Waals surface area contributed by atoms with E-state index in [2.05, 4.69) is 48.5 Å². The number of nitrogens with one attached hydrogen (secondary N) is 1. The Morgan fingerprint density at radius 2 is 2.05 bits per heavy atom. The summed E-state index contributed by atoms with van der Waals surface area (Å²) in [5.41, 5.74) is 3.97. The van der Waals surface area contributed by atoms with E-state index in [1.807, 2.05) is 19.4 Å². The zero-order valence-corrected chi connectivity index (χ0v) is 12.6. The minimum absolute atomic E-state index is 0.406. The fraction of sp³-hybridized carbons (Fsp3) is 0.412. The summed E-state index contributed by atoms with van der Waals surface area (Å²) in [7, 11) is 4.19. The average molecular weight is 272 g/mol. The van der Waals surface area contributed by atoms with E-state index in [9.17, 15) is 0 Å². The van der Waals surface area contributed by atoms with Crippen molar-refractivity contribution in [1.29, 1.82) is 0 Å². The van der Waals surface area contributed by atoms with Crippen molar-refractivity contribution in [3.05, 3.63) is 59.5 Å². The molecule has 1 N–H and O–H groups in total. The lowest BCUT2D eigenvalue weighted by Gasteiger charge is -2.22. The molecule has 0 amide bonds. The lowest BCUT2D eigenvalue weighted by atomic mass is 9.99. The van der Waals surface area contributed by atoms with Gasteiger partial charge in [-0.3, -0.25) is 0 Å². The van der Waals surface area contributed by atoms with E-state index >= 15 is 0 Å². The molecule has 0 aliphatic carbocycles. The summed E-state index contributed by atoms with van der Waals surface area (Å²) in [5.74, 6) is 0. The molecule has 0 bridgehead atoms. The van der Waals surface area contributed by atoms with Gasteiger partial charge in [0.1, 0.15) is 0 Å². The topological polar surface area (TPSA) is 28.4 Å². The van der Waals surface area contributed by atoms with E-state index in [1.165, 1.54) is 16.7 Å². The van der Waals surface area contributed by atoms with Gasteiger partial charge in [-0.05, 0) is 51.2 Å². The molecule has 0 saturated carbocycles. The molecule has 0 aliphatic rings. The van der Waals surface area contributed by atoms with Crippen LogP contribution in [0.25, 0.3) is 0 Å². The molecule has 20 heavy (non-hydrogen) atoms. The van der Waals surface area contributed by atoms with Gasteiger partial charge in [0.25, 0.3) is 0 Å². The van der Waals surface area contributed by atoms with Gasteiger partial charge >= 0.3 is 0 Å². The summed E-state index contributed by atoms with van der Waals surface area (Å²) in [6.07, 6.45) is 4.63. The minimum Gasteiger partial charge on any atom is -0.472 e. The standard InChI is InChI=1S/C17H24N2O/c1-14-6-4-5-7-16(14)17(18-2)8-10-19(3)12-15-9-11-20-13-15/h4-7,9,11,13,17-18H,8,10,12H2,1-3H3. The highest BCUT2D eigenvalue weighted by molar-refractivity contribution is 5.28. The molecule has 2 rings (SSSR count). The van der Waals surface area contributed by atoms with Gasteiger partial charge in [0.05, 0.1) is 12.5 Å². The lowest BCUT2D eigenvalue weighted by Crippen LogP contribution is -2.25. The van der Waals surface area contributed by atoms with Gasteiger partial charge in [-0.2, -0.15) is 0 Å². The SMILES string of the molecule is CNC(CCN(C)Cc1ccoc1)c1ccccc1C. The molecule has 108 valence electrons. The maximum Gasteiger partial charge on any atom is 0.0947 e. The monoisotopic (exact) mass is 272 g/mol. The Bertz CT molecular complexity index is 507. The zero-order chi connectivity index (χ0) is 14.4. The first kappa shape index (κ1) is 14.8. The fourth-order valence-corrected chi connectivity index (χ4v) is 2.56. The predicted molar refractivity (Wildman–Crippen MR) is 82.6 cm³/mol. The first-order chi connectivity index (χ1) is 9.70. The van der Waals surface area contributed by atoms with Crippen molar-refractivity contribution in [2.75, 3.05) is 20.6 Å². The molecule has 0 aliphatic heterocycles. The third kappa shape index (κ3) is 3.95. The number of nitrogens with zero attached hydrogens (tertiary/aromatic N) is 1. The fourth-order valence-electron chi connectivity index (χ4n) is 2.56. The van der Waals surface area contributed by atoms with Crippen molar-refractivity contribution < 1.29 is 4.42 Å². The minimum atomic E-state index is 0.406. The molecule has 3 heteroatoms. The van der Waals surface area contributed by atoms with E-state index in [1.54, 1.807) is 6.26 Å². The summed E-state index contributed by atoms with van der Waals surface area (Å²) in [6, 6.07) is 11.0. The third-order valence-corrected chi connectivity index (χ3v) is 3.74. The second kappa shape index (κ2) is 7.27. The van der Waals surface area contributed by atoms with Gasteiger partial charge in [0.2, 0.25) is 0 Å². The average Bonchev–Trinajstić information content (AvgIpc) is 2.94. The lowest BCUT2D eigenvalue weighted by molar-refractivity contribution is 0.303. The van der Waals surface area contributed by atoms with Crippen LogP contribution in [0, 0.1) is 6.92 Å². The predicted octanol–water partition coefficient (Wildman–Crippen LogP) is 3.37. The van der Waals surface area contributed by atoms with Crippen LogP contribution in [0.3, 0.4) is 0 Å². The summed E-state index contributed by atoms with van der Waals surface area (Å²) < 4.78 is 5.11. The Balaban J connectivity index is 1.89. The third-order valence-electron chi connectivity index (χ3n) is 3.74.